The number of aromatic nitrogens is 1. The largest absolute Gasteiger partial charge is 0.444 e. The Hall–Kier alpha value is -2.73. The number of aryl methyl sites for hydroxylation is 1. The van der Waals surface area contributed by atoms with Crippen molar-refractivity contribution in [3.8, 4) is 0 Å². The predicted octanol–water partition coefficient (Wildman–Crippen LogP) is 6.21. The van der Waals surface area contributed by atoms with Crippen LogP contribution in [0.25, 0.3) is 10.9 Å². The van der Waals surface area contributed by atoms with E-state index in [1.807, 2.05) is 20.8 Å². The smallest absolute Gasteiger partial charge is 0.407 e. The van der Waals surface area contributed by atoms with Gasteiger partial charge in [0, 0.05) is 37.1 Å². The molecular formula is C29H43F3N4O4S. The molecule has 2 amide bonds. The van der Waals surface area contributed by atoms with Gasteiger partial charge in [-0.3, -0.25) is 4.79 Å². The van der Waals surface area contributed by atoms with Crippen LogP contribution in [0.15, 0.2) is 18.2 Å². The second-order valence-electron chi connectivity index (χ2n) is 11.9. The number of methoxy groups -OCH3 is 1. The lowest BCUT2D eigenvalue weighted by Gasteiger charge is -2.24. The van der Waals surface area contributed by atoms with E-state index in [9.17, 15) is 22.8 Å². The lowest BCUT2D eigenvalue weighted by Crippen LogP contribution is -2.47. The van der Waals surface area contributed by atoms with Crippen LogP contribution in [0.5, 0.6) is 0 Å². The fourth-order valence-corrected chi connectivity index (χ4v) is 4.92. The van der Waals surface area contributed by atoms with Gasteiger partial charge < -0.3 is 25.4 Å². The molecule has 0 aliphatic rings. The molecule has 0 aliphatic carbocycles. The molecule has 2 rings (SSSR count). The molecule has 0 spiro atoms. The van der Waals surface area contributed by atoms with Gasteiger partial charge in [-0.1, -0.05) is 20.8 Å². The zero-order chi connectivity index (χ0) is 31.0. The first-order chi connectivity index (χ1) is 18.9. The number of amides is 2. The molecule has 3 N–H and O–H groups in total. The molecule has 1 aromatic carbocycles. The van der Waals surface area contributed by atoms with E-state index >= 15 is 0 Å². The van der Waals surface area contributed by atoms with Crippen molar-refractivity contribution in [3.63, 3.8) is 0 Å². The van der Waals surface area contributed by atoms with Crippen LogP contribution in [0.2, 0.25) is 0 Å². The number of carbonyl (C=O) groups is 2. The van der Waals surface area contributed by atoms with Crippen molar-refractivity contribution >= 4 is 40.4 Å². The molecular weight excluding hydrogens is 557 g/mol. The van der Waals surface area contributed by atoms with E-state index in [4.69, 9.17) is 9.47 Å². The lowest BCUT2D eigenvalue weighted by molar-refractivity contribution is -0.115. The summed E-state index contributed by atoms with van der Waals surface area (Å²) in [7, 11) is 1.64. The highest BCUT2D eigenvalue weighted by atomic mass is 32.2. The maximum atomic E-state index is 13.2. The SMILES string of the molecule is COCCCSC[C@@H](CNC(=O)c1cc(C)c2cc(NCC(F)(F)F)cc(C(C)(C)C)c2n1)NC(=O)OC(C)(C)C. The number of rotatable bonds is 12. The van der Waals surface area contributed by atoms with Gasteiger partial charge >= 0.3 is 12.3 Å². The minimum Gasteiger partial charge on any atom is -0.444 e. The van der Waals surface area contributed by atoms with Gasteiger partial charge in [0.05, 0.1) is 11.6 Å². The number of nitrogens with zero attached hydrogens (tertiary/aromatic N) is 1. The number of carbonyl (C=O) groups excluding carboxylic acids is 2. The number of alkyl carbamates (subject to hydrolysis) is 1. The topological polar surface area (TPSA) is 102 Å². The van der Waals surface area contributed by atoms with Gasteiger partial charge in [0.1, 0.15) is 17.8 Å². The van der Waals surface area contributed by atoms with Crippen molar-refractivity contribution in [2.75, 3.05) is 43.6 Å². The summed E-state index contributed by atoms with van der Waals surface area (Å²) < 4.78 is 49.0. The van der Waals surface area contributed by atoms with Gasteiger partial charge in [-0.2, -0.15) is 24.9 Å². The molecule has 2 aromatic rings. The average molecular weight is 601 g/mol. The van der Waals surface area contributed by atoms with E-state index in [0.717, 1.165) is 12.2 Å². The van der Waals surface area contributed by atoms with E-state index in [0.29, 0.717) is 40.1 Å². The van der Waals surface area contributed by atoms with Crippen molar-refractivity contribution in [1.82, 2.24) is 15.6 Å². The van der Waals surface area contributed by atoms with Crippen LogP contribution in [0.1, 0.15) is 69.6 Å². The van der Waals surface area contributed by atoms with Crippen LogP contribution < -0.4 is 16.0 Å². The number of thioether (sulfide) groups is 1. The van der Waals surface area contributed by atoms with Crippen LogP contribution in [0, 0.1) is 6.92 Å². The molecule has 0 fully saturated rings. The van der Waals surface area contributed by atoms with Gasteiger partial charge in [-0.25, -0.2) is 9.78 Å². The molecule has 0 aliphatic heterocycles. The van der Waals surface area contributed by atoms with E-state index in [2.05, 4.69) is 20.9 Å². The molecule has 12 heteroatoms. The first kappa shape index (κ1) is 34.5. The number of alkyl halides is 3. The molecule has 8 nitrogen and oxygen atoms in total. The minimum atomic E-state index is -4.36. The number of halogens is 3. The Morgan fingerprint density at radius 3 is 2.34 bits per heavy atom. The van der Waals surface area contributed by atoms with E-state index in [1.54, 1.807) is 64.8 Å². The summed E-state index contributed by atoms with van der Waals surface area (Å²) >= 11 is 1.63. The Morgan fingerprint density at radius 2 is 1.76 bits per heavy atom. The molecule has 0 radical (unpaired) electrons. The van der Waals surface area contributed by atoms with E-state index < -0.39 is 41.8 Å². The molecule has 230 valence electrons. The summed E-state index contributed by atoms with van der Waals surface area (Å²) in [5.74, 6) is 0.958. The first-order valence-electron chi connectivity index (χ1n) is 13.5. The number of hydrogen-bond donors (Lipinski definition) is 3. The number of ether oxygens (including phenoxy) is 2. The van der Waals surface area contributed by atoms with Gasteiger partial charge in [-0.05, 0) is 74.6 Å². The number of pyridine rings is 1. The highest BCUT2D eigenvalue weighted by molar-refractivity contribution is 7.99. The van der Waals surface area contributed by atoms with Crippen LogP contribution in [0.4, 0.5) is 23.7 Å². The summed E-state index contributed by atoms with van der Waals surface area (Å²) in [5.41, 5.74) is 1.37. The fraction of sp³-hybridized carbons (Fsp3) is 0.621. The van der Waals surface area contributed by atoms with Crippen LogP contribution in [-0.4, -0.2) is 73.1 Å². The summed E-state index contributed by atoms with van der Waals surface area (Å²) in [5, 5.41) is 8.83. The number of benzene rings is 1. The summed E-state index contributed by atoms with van der Waals surface area (Å²) in [6, 6.07) is 4.51. The molecule has 1 heterocycles. The maximum absolute atomic E-state index is 13.2. The van der Waals surface area contributed by atoms with Crippen LogP contribution in [-0.2, 0) is 14.9 Å². The monoisotopic (exact) mass is 600 g/mol. The molecule has 0 unspecified atom stereocenters. The Kier molecular flexibility index (Phi) is 12.1. The standard InChI is InChI=1S/C29H43F3N4O4S/c1-18-12-23(36-24-21(18)13-19(34-17-29(30,31)32)14-22(24)27(2,3)4)25(37)33-15-20(16-41-11-9-10-39-8)35-26(38)40-28(5,6)7/h12-14,20,34H,9-11,15-17H2,1-8H3,(H,33,37)(H,35,38)/t20-/m1/s1. The third-order valence-electron chi connectivity index (χ3n) is 5.84. The summed E-state index contributed by atoms with van der Waals surface area (Å²) in [4.78, 5) is 30.3. The second kappa shape index (κ2) is 14.4. The van der Waals surface area contributed by atoms with Crippen molar-refractivity contribution in [2.24, 2.45) is 0 Å². The highest BCUT2D eigenvalue weighted by Gasteiger charge is 2.28. The summed E-state index contributed by atoms with van der Waals surface area (Å²) in [6.45, 7) is 12.6. The molecule has 0 saturated heterocycles. The Balaban J connectivity index is 2.28. The third kappa shape index (κ3) is 12.0. The summed E-state index contributed by atoms with van der Waals surface area (Å²) in [6.07, 6.45) is -4.07. The predicted molar refractivity (Wildman–Crippen MR) is 159 cm³/mol. The fourth-order valence-electron chi connectivity index (χ4n) is 3.95. The van der Waals surface area contributed by atoms with Crippen molar-refractivity contribution in [2.45, 2.75) is 78.1 Å². The minimum absolute atomic E-state index is 0.153. The Morgan fingerprint density at radius 1 is 1.07 bits per heavy atom. The number of fused-ring (bicyclic) bond motifs is 1. The van der Waals surface area contributed by atoms with E-state index in [1.165, 1.54) is 0 Å². The van der Waals surface area contributed by atoms with Gasteiger partial charge in [-0.15, -0.1) is 0 Å². The molecule has 0 saturated carbocycles. The first-order valence-corrected chi connectivity index (χ1v) is 14.7. The molecule has 0 bridgehead atoms. The number of nitrogens with one attached hydrogen (secondary N) is 3. The van der Waals surface area contributed by atoms with Crippen LogP contribution in [0.3, 0.4) is 0 Å². The lowest BCUT2D eigenvalue weighted by atomic mass is 9.84. The molecule has 1 aromatic heterocycles. The van der Waals surface area contributed by atoms with Gasteiger partial charge in [0.25, 0.3) is 5.91 Å². The Labute approximate surface area is 244 Å². The van der Waals surface area contributed by atoms with Crippen LogP contribution >= 0.6 is 11.8 Å². The van der Waals surface area contributed by atoms with E-state index in [-0.39, 0.29) is 12.2 Å². The molecule has 1 atom stereocenters. The van der Waals surface area contributed by atoms with Gasteiger partial charge in [0.15, 0.2) is 0 Å². The number of hydrogen-bond acceptors (Lipinski definition) is 7. The zero-order valence-electron chi connectivity index (χ0n) is 25.2. The quantitative estimate of drug-likeness (QED) is 0.249. The Bertz CT molecular complexity index is 1190. The maximum Gasteiger partial charge on any atom is 0.407 e. The zero-order valence-corrected chi connectivity index (χ0v) is 26.0. The van der Waals surface area contributed by atoms with Gasteiger partial charge in [0.2, 0.25) is 0 Å². The number of anilines is 1. The molecule has 41 heavy (non-hydrogen) atoms. The normalized spacial score (nSPS) is 13.1. The highest BCUT2D eigenvalue weighted by Crippen LogP contribution is 2.34. The average Bonchev–Trinajstić information content (AvgIpc) is 2.83. The van der Waals surface area contributed by atoms with Crippen molar-refractivity contribution in [3.05, 3.63) is 35.0 Å². The second-order valence-corrected chi connectivity index (χ2v) is 13.1. The van der Waals surface area contributed by atoms with Crippen molar-refractivity contribution < 1.29 is 32.2 Å². The third-order valence-corrected chi connectivity index (χ3v) is 7.06. The van der Waals surface area contributed by atoms with Crippen molar-refractivity contribution in [1.29, 1.82) is 0 Å².